The van der Waals surface area contributed by atoms with Gasteiger partial charge in [0, 0.05) is 60.2 Å². The van der Waals surface area contributed by atoms with Gasteiger partial charge in [-0.05, 0) is 78.9 Å². The second kappa shape index (κ2) is 12.3. The predicted octanol–water partition coefficient (Wildman–Crippen LogP) is 13.9. The zero-order valence-electron chi connectivity index (χ0n) is 32.3. The minimum atomic E-state index is 0.635. The third-order valence-electron chi connectivity index (χ3n) is 12.6. The van der Waals surface area contributed by atoms with Crippen LogP contribution in [0.2, 0.25) is 0 Å². The maximum absolute atomic E-state index is 11.7. The molecule has 0 amide bonds. The standard InChI is InChI=1S/C55H33N5/c56-34-43-47(60-46-27-15-12-24-42(46)52-49(60)30-28-40-38-22-10-13-25-44(38)58(54(40)52)36-18-6-2-7-19-36)32-33-48-51(43)53-50(57(48)35-16-4-1-5-17-35)31-29-41-39-23-11-14-26-45(39)59(55(41)53)37-20-8-3-9-21-37/h1-33H. The van der Waals surface area contributed by atoms with Crippen molar-refractivity contribution in [3.8, 4) is 28.8 Å². The lowest BCUT2D eigenvalue weighted by Gasteiger charge is -2.13. The summed E-state index contributed by atoms with van der Waals surface area (Å²) in [6.07, 6.45) is 0. The molecule has 0 unspecified atom stereocenters. The molecule has 0 saturated heterocycles. The number of aromatic nitrogens is 4. The first-order chi connectivity index (χ1) is 29.8. The fraction of sp³-hybridized carbons (Fsp3) is 0. The van der Waals surface area contributed by atoms with Gasteiger partial charge in [-0.25, -0.2) is 0 Å². The Morgan fingerprint density at radius 1 is 0.283 bits per heavy atom. The van der Waals surface area contributed by atoms with Crippen LogP contribution in [0.5, 0.6) is 0 Å². The topological polar surface area (TPSA) is 43.5 Å². The maximum Gasteiger partial charge on any atom is 0.102 e. The molecule has 5 heteroatoms. The number of hydrogen-bond acceptors (Lipinski definition) is 1. The van der Waals surface area contributed by atoms with Gasteiger partial charge >= 0.3 is 0 Å². The molecule has 0 N–H and O–H groups in total. The van der Waals surface area contributed by atoms with Crippen molar-refractivity contribution in [3.05, 3.63) is 206 Å². The van der Waals surface area contributed by atoms with Crippen LogP contribution in [-0.4, -0.2) is 18.3 Å². The van der Waals surface area contributed by atoms with Crippen LogP contribution in [0.25, 0.3) is 110 Å². The van der Waals surface area contributed by atoms with Crippen molar-refractivity contribution < 1.29 is 0 Å². The molecular weight excluding hydrogens is 731 g/mol. The molecule has 0 bridgehead atoms. The van der Waals surface area contributed by atoms with Gasteiger partial charge in [-0.1, -0.05) is 121 Å². The van der Waals surface area contributed by atoms with Crippen molar-refractivity contribution in [3.63, 3.8) is 0 Å². The molecule has 0 aliphatic rings. The first-order valence-corrected chi connectivity index (χ1v) is 20.4. The van der Waals surface area contributed by atoms with E-state index >= 15 is 0 Å². The summed E-state index contributed by atoms with van der Waals surface area (Å²) < 4.78 is 9.45. The minimum Gasteiger partial charge on any atom is -0.309 e. The number of benzene rings is 9. The number of fused-ring (bicyclic) bond motifs is 14. The maximum atomic E-state index is 11.7. The molecule has 0 aliphatic carbocycles. The zero-order valence-corrected chi connectivity index (χ0v) is 32.3. The minimum absolute atomic E-state index is 0.635. The molecule has 0 spiro atoms. The van der Waals surface area contributed by atoms with Crippen molar-refractivity contribution in [1.29, 1.82) is 5.26 Å². The Hall–Kier alpha value is -8.33. The van der Waals surface area contributed by atoms with Crippen LogP contribution < -0.4 is 0 Å². The van der Waals surface area contributed by atoms with Gasteiger partial charge in [-0.3, -0.25) is 0 Å². The smallest absolute Gasteiger partial charge is 0.102 e. The van der Waals surface area contributed by atoms with E-state index in [1.165, 1.54) is 16.2 Å². The monoisotopic (exact) mass is 763 g/mol. The van der Waals surface area contributed by atoms with E-state index in [4.69, 9.17) is 0 Å². The quantitative estimate of drug-likeness (QED) is 0.176. The summed E-state index contributed by atoms with van der Waals surface area (Å²) in [5.41, 5.74) is 13.4. The van der Waals surface area contributed by atoms with Crippen molar-refractivity contribution in [2.75, 3.05) is 0 Å². The number of nitriles is 1. The second-order valence-electron chi connectivity index (χ2n) is 15.6. The third-order valence-corrected chi connectivity index (χ3v) is 12.6. The van der Waals surface area contributed by atoms with E-state index in [2.05, 4.69) is 225 Å². The molecule has 5 nitrogen and oxygen atoms in total. The van der Waals surface area contributed by atoms with Gasteiger partial charge in [-0.15, -0.1) is 0 Å². The van der Waals surface area contributed by atoms with E-state index in [0.29, 0.717) is 5.56 Å². The van der Waals surface area contributed by atoms with Gasteiger partial charge in [0.05, 0.1) is 55.4 Å². The molecule has 13 aromatic rings. The normalized spacial score (nSPS) is 12.0. The number of rotatable bonds is 4. The van der Waals surface area contributed by atoms with Gasteiger partial charge in [0.1, 0.15) is 6.07 Å². The van der Waals surface area contributed by atoms with Gasteiger partial charge in [0.2, 0.25) is 0 Å². The largest absolute Gasteiger partial charge is 0.309 e. The summed E-state index contributed by atoms with van der Waals surface area (Å²) in [6, 6.07) is 74.0. The molecule has 4 aromatic heterocycles. The molecule has 0 aliphatic heterocycles. The predicted molar refractivity (Wildman–Crippen MR) is 249 cm³/mol. The SMILES string of the molecule is N#Cc1c(-n2c3ccccc3c3c2ccc2c4ccccc4n(-c4ccccc4)c23)ccc2c1c1c(ccc3c4ccccc4n(-c4ccccc4)c31)n2-c1ccccc1. The van der Waals surface area contributed by atoms with Crippen LogP contribution in [0, 0.1) is 11.3 Å². The highest BCUT2D eigenvalue weighted by Crippen LogP contribution is 2.46. The van der Waals surface area contributed by atoms with Crippen LogP contribution in [0.1, 0.15) is 5.56 Å². The van der Waals surface area contributed by atoms with Crippen LogP contribution in [0.4, 0.5) is 0 Å². The van der Waals surface area contributed by atoms with Crippen molar-refractivity contribution >= 4 is 87.2 Å². The summed E-state index contributed by atoms with van der Waals surface area (Å²) in [4.78, 5) is 0. The second-order valence-corrected chi connectivity index (χ2v) is 15.6. The Labute approximate surface area is 344 Å². The Kier molecular flexibility index (Phi) is 6.73. The summed E-state index contributed by atoms with van der Waals surface area (Å²) in [5, 5.41) is 20.7. The van der Waals surface area contributed by atoms with Crippen molar-refractivity contribution in [2.45, 2.75) is 0 Å². The van der Waals surface area contributed by atoms with Gasteiger partial charge < -0.3 is 18.3 Å². The number of nitrogens with zero attached hydrogens (tertiary/aromatic N) is 5. The average Bonchev–Trinajstić information content (AvgIpc) is 4.04. The first-order valence-electron chi connectivity index (χ1n) is 20.4. The lowest BCUT2D eigenvalue weighted by atomic mass is 10.0. The van der Waals surface area contributed by atoms with E-state index in [1.54, 1.807) is 0 Å². The van der Waals surface area contributed by atoms with E-state index < -0.39 is 0 Å². The molecule has 0 saturated carbocycles. The van der Waals surface area contributed by atoms with Gasteiger partial charge in [0.15, 0.2) is 0 Å². The molecule has 60 heavy (non-hydrogen) atoms. The molecule has 0 fully saturated rings. The summed E-state index contributed by atoms with van der Waals surface area (Å²) in [5.74, 6) is 0. The Balaban J connectivity index is 1.23. The first kappa shape index (κ1) is 32.7. The lowest BCUT2D eigenvalue weighted by molar-refractivity contribution is 1.16. The molecule has 0 radical (unpaired) electrons. The molecule has 13 rings (SSSR count). The van der Waals surface area contributed by atoms with E-state index in [-0.39, 0.29) is 0 Å². The fourth-order valence-corrected chi connectivity index (χ4v) is 10.2. The summed E-state index contributed by atoms with van der Waals surface area (Å²) >= 11 is 0. The van der Waals surface area contributed by atoms with Crippen LogP contribution in [0.15, 0.2) is 200 Å². The van der Waals surface area contributed by atoms with Crippen LogP contribution in [0.3, 0.4) is 0 Å². The van der Waals surface area contributed by atoms with E-state index in [1.807, 2.05) is 0 Å². The Bertz CT molecular complexity index is 3930. The highest BCUT2D eigenvalue weighted by Gasteiger charge is 2.27. The van der Waals surface area contributed by atoms with E-state index in [9.17, 15) is 5.26 Å². The number of para-hydroxylation sites is 6. The van der Waals surface area contributed by atoms with Crippen molar-refractivity contribution in [1.82, 2.24) is 18.3 Å². The third kappa shape index (κ3) is 4.29. The fourth-order valence-electron chi connectivity index (χ4n) is 10.2. The lowest BCUT2D eigenvalue weighted by Crippen LogP contribution is -1.99. The molecule has 4 heterocycles. The average molecular weight is 764 g/mol. The number of hydrogen-bond donors (Lipinski definition) is 0. The molecular formula is C55H33N5. The summed E-state index contributed by atoms with van der Waals surface area (Å²) in [7, 11) is 0. The molecule has 9 aromatic carbocycles. The Morgan fingerprint density at radius 2 is 0.683 bits per heavy atom. The van der Waals surface area contributed by atoms with Crippen LogP contribution >= 0.6 is 0 Å². The summed E-state index contributed by atoms with van der Waals surface area (Å²) in [6.45, 7) is 0. The highest BCUT2D eigenvalue weighted by molar-refractivity contribution is 6.29. The highest BCUT2D eigenvalue weighted by atomic mass is 15.0. The molecule has 278 valence electrons. The van der Waals surface area contributed by atoms with Crippen LogP contribution in [-0.2, 0) is 0 Å². The van der Waals surface area contributed by atoms with Gasteiger partial charge in [0.25, 0.3) is 0 Å². The zero-order chi connectivity index (χ0) is 39.5. The Morgan fingerprint density at radius 3 is 1.22 bits per heavy atom. The van der Waals surface area contributed by atoms with E-state index in [0.717, 1.165) is 93.8 Å². The van der Waals surface area contributed by atoms with Crippen molar-refractivity contribution in [2.24, 2.45) is 0 Å². The van der Waals surface area contributed by atoms with Gasteiger partial charge in [-0.2, -0.15) is 5.26 Å². The molecule has 0 atom stereocenters.